The first kappa shape index (κ1) is 17.9. The van der Waals surface area contributed by atoms with Crippen LogP contribution in [0.15, 0.2) is 48.5 Å². The van der Waals surface area contributed by atoms with Crippen LogP contribution in [0.1, 0.15) is 45.7 Å². The Morgan fingerprint density at radius 2 is 1.50 bits per heavy atom. The molecule has 1 atom stereocenters. The van der Waals surface area contributed by atoms with E-state index < -0.39 is 0 Å². The summed E-state index contributed by atoms with van der Waals surface area (Å²) in [7, 11) is 0. The number of imide groups is 1. The van der Waals surface area contributed by atoms with Gasteiger partial charge in [-0.05, 0) is 43.5 Å². The van der Waals surface area contributed by atoms with Crippen molar-refractivity contribution in [3.05, 3.63) is 70.8 Å². The van der Waals surface area contributed by atoms with Crippen molar-refractivity contribution in [2.45, 2.75) is 32.7 Å². The van der Waals surface area contributed by atoms with Crippen LogP contribution in [0, 0.1) is 0 Å². The highest BCUT2D eigenvalue weighted by molar-refractivity contribution is 6.21. The third-order valence-corrected chi connectivity index (χ3v) is 4.47. The summed E-state index contributed by atoms with van der Waals surface area (Å²) in [6.45, 7) is 4.02. The van der Waals surface area contributed by atoms with Gasteiger partial charge in [0, 0.05) is 6.04 Å². The Balaban J connectivity index is 1.67. The smallest absolute Gasteiger partial charge is 0.310 e. The Kier molecular flexibility index (Phi) is 5.16. The lowest BCUT2D eigenvalue weighted by molar-refractivity contribution is -0.142. The van der Waals surface area contributed by atoms with Crippen LogP contribution < -0.4 is 0 Å². The average Bonchev–Trinajstić information content (AvgIpc) is 2.88. The van der Waals surface area contributed by atoms with E-state index in [0.717, 1.165) is 11.1 Å². The molecular formula is C21H21NO4. The number of benzene rings is 2. The average molecular weight is 351 g/mol. The lowest BCUT2D eigenvalue weighted by Gasteiger charge is -2.22. The van der Waals surface area contributed by atoms with Crippen LogP contribution in [0.4, 0.5) is 0 Å². The number of fused-ring (bicyclic) bond motifs is 1. The molecule has 1 heterocycles. The number of amides is 2. The summed E-state index contributed by atoms with van der Waals surface area (Å²) in [6.07, 6.45) is 0.799. The summed E-state index contributed by atoms with van der Waals surface area (Å²) < 4.78 is 4.94. The zero-order valence-corrected chi connectivity index (χ0v) is 14.9. The minimum absolute atomic E-state index is 0.238. The molecule has 26 heavy (non-hydrogen) atoms. The fourth-order valence-corrected chi connectivity index (χ4v) is 3.21. The van der Waals surface area contributed by atoms with Crippen LogP contribution >= 0.6 is 0 Å². The van der Waals surface area contributed by atoms with Crippen molar-refractivity contribution in [1.82, 2.24) is 4.90 Å². The molecule has 1 aliphatic heterocycles. The van der Waals surface area contributed by atoms with E-state index >= 15 is 0 Å². The first-order valence-corrected chi connectivity index (χ1v) is 8.71. The second-order valence-corrected chi connectivity index (χ2v) is 6.38. The molecule has 5 nitrogen and oxygen atoms in total. The second-order valence-electron chi connectivity index (χ2n) is 6.38. The van der Waals surface area contributed by atoms with Crippen molar-refractivity contribution in [3.63, 3.8) is 0 Å². The number of carbonyl (C=O) groups is 3. The van der Waals surface area contributed by atoms with Gasteiger partial charge >= 0.3 is 5.97 Å². The van der Waals surface area contributed by atoms with Crippen LogP contribution in [0.2, 0.25) is 0 Å². The fraction of sp³-hybridized carbons (Fsp3) is 0.286. The van der Waals surface area contributed by atoms with E-state index in [0.29, 0.717) is 24.2 Å². The van der Waals surface area contributed by atoms with Crippen molar-refractivity contribution in [3.8, 4) is 0 Å². The van der Waals surface area contributed by atoms with E-state index in [9.17, 15) is 14.4 Å². The number of ether oxygens (including phenoxy) is 1. The Bertz CT molecular complexity index is 806. The van der Waals surface area contributed by atoms with Crippen LogP contribution in [-0.4, -0.2) is 35.3 Å². The molecule has 0 fully saturated rings. The molecule has 0 unspecified atom stereocenters. The summed E-state index contributed by atoms with van der Waals surface area (Å²) in [6, 6.07) is 14.2. The Morgan fingerprint density at radius 1 is 0.962 bits per heavy atom. The number of rotatable bonds is 6. The second kappa shape index (κ2) is 7.52. The number of hydrogen-bond acceptors (Lipinski definition) is 4. The van der Waals surface area contributed by atoms with E-state index in [-0.39, 0.29) is 30.2 Å². The van der Waals surface area contributed by atoms with Gasteiger partial charge in [0.2, 0.25) is 0 Å². The predicted octanol–water partition coefficient (Wildman–Crippen LogP) is 3.02. The maximum absolute atomic E-state index is 12.5. The molecular weight excluding hydrogens is 330 g/mol. The molecule has 134 valence electrons. The Labute approximate surface area is 152 Å². The molecule has 0 spiro atoms. The van der Waals surface area contributed by atoms with Crippen LogP contribution in [0.25, 0.3) is 0 Å². The lowest BCUT2D eigenvalue weighted by atomic mass is 10.0. The third-order valence-electron chi connectivity index (χ3n) is 4.47. The van der Waals surface area contributed by atoms with Gasteiger partial charge in [0.15, 0.2) is 0 Å². The molecule has 0 aromatic heterocycles. The summed E-state index contributed by atoms with van der Waals surface area (Å²) in [4.78, 5) is 37.9. The minimum atomic E-state index is -0.252. The molecule has 0 saturated heterocycles. The van der Waals surface area contributed by atoms with Crippen LogP contribution in [0.3, 0.4) is 0 Å². The highest BCUT2D eigenvalue weighted by Gasteiger charge is 2.37. The third kappa shape index (κ3) is 3.52. The van der Waals surface area contributed by atoms with Crippen molar-refractivity contribution >= 4 is 17.8 Å². The predicted molar refractivity (Wildman–Crippen MR) is 96.9 cm³/mol. The monoisotopic (exact) mass is 351 g/mol. The molecule has 2 amide bonds. The molecule has 1 aliphatic rings. The van der Waals surface area contributed by atoms with E-state index in [1.54, 1.807) is 31.2 Å². The Hall–Kier alpha value is -2.95. The summed E-state index contributed by atoms with van der Waals surface area (Å²) >= 11 is 0. The van der Waals surface area contributed by atoms with Gasteiger partial charge in [-0.1, -0.05) is 36.4 Å². The summed E-state index contributed by atoms with van der Waals surface area (Å²) in [5.41, 5.74) is 2.81. The number of carbonyl (C=O) groups excluding carboxylic acids is 3. The maximum atomic E-state index is 12.5. The molecule has 0 N–H and O–H groups in total. The fourth-order valence-electron chi connectivity index (χ4n) is 3.21. The van der Waals surface area contributed by atoms with Gasteiger partial charge in [-0.15, -0.1) is 0 Å². The number of esters is 1. The highest BCUT2D eigenvalue weighted by Crippen LogP contribution is 2.25. The van der Waals surface area contributed by atoms with Gasteiger partial charge < -0.3 is 4.74 Å². The number of nitrogens with zero attached hydrogens (tertiary/aromatic N) is 1. The topological polar surface area (TPSA) is 63.7 Å². The molecule has 0 saturated carbocycles. The van der Waals surface area contributed by atoms with Crippen LogP contribution in [-0.2, 0) is 22.4 Å². The van der Waals surface area contributed by atoms with Crippen molar-refractivity contribution in [2.75, 3.05) is 6.61 Å². The van der Waals surface area contributed by atoms with Crippen LogP contribution in [0.5, 0.6) is 0 Å². The van der Waals surface area contributed by atoms with Gasteiger partial charge in [-0.2, -0.15) is 0 Å². The molecule has 0 aliphatic carbocycles. The van der Waals surface area contributed by atoms with E-state index in [1.807, 2.05) is 31.2 Å². The van der Waals surface area contributed by atoms with E-state index in [1.165, 1.54) is 4.90 Å². The molecule has 0 bridgehead atoms. The van der Waals surface area contributed by atoms with E-state index in [2.05, 4.69) is 0 Å². The van der Waals surface area contributed by atoms with Gasteiger partial charge in [-0.25, -0.2) is 0 Å². The van der Waals surface area contributed by atoms with Gasteiger partial charge in [0.25, 0.3) is 11.8 Å². The standard InChI is InChI=1S/C21H21NO4/c1-3-26-19(23)13-16-10-8-15(9-11-16)12-14(2)22-20(24)17-6-4-5-7-18(17)21(22)25/h4-11,14H,3,12-13H2,1-2H3/t14-/m1/s1. The lowest BCUT2D eigenvalue weighted by Crippen LogP contribution is -2.39. The largest absolute Gasteiger partial charge is 0.466 e. The van der Waals surface area contributed by atoms with Crippen molar-refractivity contribution in [2.24, 2.45) is 0 Å². The maximum Gasteiger partial charge on any atom is 0.310 e. The quantitative estimate of drug-likeness (QED) is 0.593. The molecule has 5 heteroatoms. The summed E-state index contributed by atoms with van der Waals surface area (Å²) in [5, 5.41) is 0. The highest BCUT2D eigenvalue weighted by atomic mass is 16.5. The first-order chi connectivity index (χ1) is 12.5. The number of hydrogen-bond donors (Lipinski definition) is 0. The molecule has 3 rings (SSSR count). The van der Waals surface area contributed by atoms with Crippen molar-refractivity contribution < 1.29 is 19.1 Å². The zero-order chi connectivity index (χ0) is 18.7. The van der Waals surface area contributed by atoms with E-state index in [4.69, 9.17) is 4.74 Å². The molecule has 2 aromatic rings. The molecule has 0 radical (unpaired) electrons. The summed E-state index contributed by atoms with van der Waals surface area (Å²) in [5.74, 6) is -0.728. The normalized spacial score (nSPS) is 14.3. The zero-order valence-electron chi connectivity index (χ0n) is 14.9. The van der Waals surface area contributed by atoms with Crippen molar-refractivity contribution in [1.29, 1.82) is 0 Å². The first-order valence-electron chi connectivity index (χ1n) is 8.71. The van der Waals surface area contributed by atoms with Gasteiger partial charge in [0.1, 0.15) is 0 Å². The van der Waals surface area contributed by atoms with Gasteiger partial charge in [0.05, 0.1) is 24.2 Å². The minimum Gasteiger partial charge on any atom is -0.466 e. The SMILES string of the molecule is CCOC(=O)Cc1ccc(C[C@@H](C)N2C(=O)c3ccccc3C2=O)cc1. The van der Waals surface area contributed by atoms with Gasteiger partial charge in [-0.3, -0.25) is 19.3 Å². The Morgan fingerprint density at radius 3 is 2.04 bits per heavy atom. The molecule has 2 aromatic carbocycles.